The Morgan fingerprint density at radius 1 is 1.00 bits per heavy atom. The number of hydrogen-bond donors (Lipinski definition) is 2. The van der Waals surface area contributed by atoms with Crippen LogP contribution < -0.4 is 5.73 Å². The predicted molar refractivity (Wildman–Crippen MR) is 96.4 cm³/mol. The van der Waals surface area contributed by atoms with Crippen molar-refractivity contribution in [2.45, 2.75) is 12.5 Å². The third kappa shape index (κ3) is 3.27. The van der Waals surface area contributed by atoms with E-state index < -0.39 is 0 Å². The molecule has 0 saturated carbocycles. The summed E-state index contributed by atoms with van der Waals surface area (Å²) in [5, 5.41) is 0. The summed E-state index contributed by atoms with van der Waals surface area (Å²) in [6.07, 6.45) is 4.06. The Morgan fingerprint density at radius 2 is 1.84 bits per heavy atom. The topological polar surface area (TPSA) is 67.6 Å². The molecule has 1 atom stereocenters. The van der Waals surface area contributed by atoms with Crippen LogP contribution in [0.3, 0.4) is 0 Å². The molecule has 25 heavy (non-hydrogen) atoms. The minimum atomic E-state index is -0.321. The lowest BCUT2D eigenvalue weighted by atomic mass is 10.1. The number of nitrogens with zero attached hydrogens (tertiary/aromatic N) is 2. The minimum absolute atomic E-state index is 0.253. The molecule has 0 spiro atoms. The Bertz CT molecular complexity index is 1010. The molecule has 0 amide bonds. The van der Waals surface area contributed by atoms with Crippen LogP contribution in [0, 0.1) is 5.82 Å². The van der Waals surface area contributed by atoms with E-state index in [-0.39, 0.29) is 11.9 Å². The predicted octanol–water partition coefficient (Wildman–Crippen LogP) is 4.01. The Hall–Kier alpha value is -3.05. The molecule has 2 aromatic heterocycles. The molecule has 3 N–H and O–H groups in total. The fraction of sp³-hybridized carbons (Fsp3) is 0.100. The van der Waals surface area contributed by atoms with Crippen molar-refractivity contribution >= 4 is 11.0 Å². The first-order valence-electron chi connectivity index (χ1n) is 8.09. The summed E-state index contributed by atoms with van der Waals surface area (Å²) in [6.45, 7) is 0. The molecule has 124 valence electrons. The molecule has 0 fully saturated rings. The summed E-state index contributed by atoms with van der Waals surface area (Å²) in [6, 6.07) is 16.2. The molecule has 0 bridgehead atoms. The molecule has 0 radical (unpaired) electrons. The van der Waals surface area contributed by atoms with Gasteiger partial charge in [0.15, 0.2) is 0 Å². The zero-order valence-electron chi connectivity index (χ0n) is 13.5. The molecule has 5 heteroatoms. The largest absolute Gasteiger partial charge is 0.341 e. The zero-order valence-corrected chi connectivity index (χ0v) is 13.5. The Labute approximate surface area is 144 Å². The van der Waals surface area contributed by atoms with Crippen molar-refractivity contribution in [2.75, 3.05) is 0 Å². The maximum absolute atomic E-state index is 13.3. The highest BCUT2D eigenvalue weighted by Gasteiger charge is 2.13. The molecule has 1 unspecified atom stereocenters. The smallest absolute Gasteiger partial charge is 0.124 e. The number of halogens is 1. The van der Waals surface area contributed by atoms with Crippen molar-refractivity contribution in [1.82, 2.24) is 15.0 Å². The van der Waals surface area contributed by atoms with E-state index in [1.54, 1.807) is 18.5 Å². The van der Waals surface area contributed by atoms with Gasteiger partial charge in [-0.15, -0.1) is 0 Å². The first-order valence-corrected chi connectivity index (χ1v) is 8.09. The standard InChI is InChI=1S/C20H17FN4/c21-16-3-1-2-13(10-16)11-17(22)20-24-18-5-4-15(12-19(18)25-20)14-6-8-23-9-7-14/h1-10,12,17H,11,22H2,(H,24,25). The molecular formula is C20H17FN4. The van der Waals surface area contributed by atoms with E-state index in [9.17, 15) is 4.39 Å². The SMILES string of the molecule is NC(Cc1cccc(F)c1)c1nc2ccc(-c3ccncc3)cc2[nH]1. The fourth-order valence-electron chi connectivity index (χ4n) is 2.94. The van der Waals surface area contributed by atoms with Crippen molar-refractivity contribution in [3.63, 3.8) is 0 Å². The number of pyridine rings is 1. The van der Waals surface area contributed by atoms with Crippen LogP contribution in [0.25, 0.3) is 22.2 Å². The second-order valence-electron chi connectivity index (χ2n) is 6.03. The molecule has 0 aliphatic carbocycles. The number of H-pyrrole nitrogens is 1. The van der Waals surface area contributed by atoms with Crippen molar-refractivity contribution in [1.29, 1.82) is 0 Å². The van der Waals surface area contributed by atoms with Crippen molar-refractivity contribution < 1.29 is 4.39 Å². The van der Waals surface area contributed by atoms with Crippen molar-refractivity contribution in [2.24, 2.45) is 5.73 Å². The van der Waals surface area contributed by atoms with Gasteiger partial charge in [0.1, 0.15) is 11.6 Å². The quantitative estimate of drug-likeness (QED) is 0.593. The van der Waals surface area contributed by atoms with E-state index in [0.717, 1.165) is 27.7 Å². The van der Waals surface area contributed by atoms with Gasteiger partial charge in [0.05, 0.1) is 17.1 Å². The number of nitrogens with one attached hydrogen (secondary N) is 1. The van der Waals surface area contributed by atoms with E-state index in [1.165, 1.54) is 12.1 Å². The normalized spacial score (nSPS) is 12.4. The van der Waals surface area contributed by atoms with Crippen LogP contribution in [0.2, 0.25) is 0 Å². The Morgan fingerprint density at radius 3 is 2.64 bits per heavy atom. The highest BCUT2D eigenvalue weighted by Crippen LogP contribution is 2.24. The molecule has 2 aromatic carbocycles. The van der Waals surface area contributed by atoms with E-state index in [2.05, 4.69) is 21.0 Å². The molecule has 0 aliphatic heterocycles. The summed E-state index contributed by atoms with van der Waals surface area (Å²) in [7, 11) is 0. The molecule has 2 heterocycles. The Balaban J connectivity index is 1.62. The Kier molecular flexibility index (Phi) is 3.99. The van der Waals surface area contributed by atoms with Gasteiger partial charge in [0.25, 0.3) is 0 Å². The number of hydrogen-bond acceptors (Lipinski definition) is 3. The summed E-state index contributed by atoms with van der Waals surface area (Å²) in [5.41, 5.74) is 11.1. The van der Waals surface area contributed by atoms with Gasteiger partial charge in [-0.25, -0.2) is 9.37 Å². The van der Waals surface area contributed by atoms with E-state index in [0.29, 0.717) is 12.2 Å². The van der Waals surface area contributed by atoms with E-state index >= 15 is 0 Å². The van der Waals surface area contributed by atoms with Crippen LogP contribution >= 0.6 is 0 Å². The monoisotopic (exact) mass is 332 g/mol. The van der Waals surface area contributed by atoms with Crippen LogP contribution in [0.4, 0.5) is 4.39 Å². The first kappa shape index (κ1) is 15.5. The van der Waals surface area contributed by atoms with Crippen molar-refractivity contribution in [3.8, 4) is 11.1 Å². The summed E-state index contributed by atoms with van der Waals surface area (Å²) < 4.78 is 13.3. The zero-order chi connectivity index (χ0) is 17.2. The second kappa shape index (κ2) is 6.45. The third-order valence-electron chi connectivity index (χ3n) is 4.21. The number of aromatic nitrogens is 3. The van der Waals surface area contributed by atoms with E-state index in [1.807, 2.05) is 30.3 Å². The first-order chi connectivity index (χ1) is 12.2. The highest BCUT2D eigenvalue weighted by atomic mass is 19.1. The number of nitrogens with two attached hydrogens (primary N) is 1. The van der Waals surface area contributed by atoms with Gasteiger partial charge in [-0.2, -0.15) is 0 Å². The lowest BCUT2D eigenvalue weighted by Gasteiger charge is -2.08. The summed E-state index contributed by atoms with van der Waals surface area (Å²) >= 11 is 0. The van der Waals surface area contributed by atoms with Gasteiger partial charge in [-0.3, -0.25) is 4.98 Å². The molecule has 4 nitrogen and oxygen atoms in total. The maximum atomic E-state index is 13.3. The second-order valence-corrected chi connectivity index (χ2v) is 6.03. The average molecular weight is 332 g/mol. The molecule has 0 aliphatic rings. The summed E-state index contributed by atoms with van der Waals surface area (Å²) in [5.74, 6) is 0.447. The highest BCUT2D eigenvalue weighted by molar-refractivity contribution is 5.82. The lowest BCUT2D eigenvalue weighted by Crippen LogP contribution is -2.15. The van der Waals surface area contributed by atoms with Crippen LogP contribution in [-0.2, 0) is 6.42 Å². The van der Waals surface area contributed by atoms with Gasteiger partial charge in [0.2, 0.25) is 0 Å². The maximum Gasteiger partial charge on any atom is 0.124 e. The van der Waals surface area contributed by atoms with Crippen LogP contribution in [0.5, 0.6) is 0 Å². The number of aromatic amines is 1. The van der Waals surface area contributed by atoms with Gasteiger partial charge >= 0.3 is 0 Å². The molecule has 4 aromatic rings. The minimum Gasteiger partial charge on any atom is -0.341 e. The molecular weight excluding hydrogens is 315 g/mol. The van der Waals surface area contributed by atoms with Gasteiger partial charge < -0.3 is 10.7 Å². The van der Waals surface area contributed by atoms with Crippen LogP contribution in [-0.4, -0.2) is 15.0 Å². The fourth-order valence-corrected chi connectivity index (χ4v) is 2.94. The van der Waals surface area contributed by atoms with Crippen molar-refractivity contribution in [3.05, 3.63) is 84.2 Å². The molecule has 0 saturated heterocycles. The lowest BCUT2D eigenvalue weighted by molar-refractivity contribution is 0.619. The van der Waals surface area contributed by atoms with Gasteiger partial charge in [-0.05, 0) is 59.5 Å². The number of rotatable bonds is 4. The number of benzene rings is 2. The number of fused-ring (bicyclic) bond motifs is 1. The third-order valence-corrected chi connectivity index (χ3v) is 4.21. The van der Waals surface area contributed by atoms with Crippen LogP contribution in [0.1, 0.15) is 17.4 Å². The molecule has 4 rings (SSSR count). The summed E-state index contributed by atoms with van der Waals surface area (Å²) in [4.78, 5) is 11.9. The van der Waals surface area contributed by atoms with Gasteiger partial charge in [-0.1, -0.05) is 18.2 Å². The van der Waals surface area contributed by atoms with Crippen LogP contribution in [0.15, 0.2) is 67.0 Å². The van der Waals surface area contributed by atoms with E-state index in [4.69, 9.17) is 5.73 Å². The number of imidazole rings is 1. The van der Waals surface area contributed by atoms with Gasteiger partial charge in [0, 0.05) is 12.4 Å². The average Bonchev–Trinajstić information content (AvgIpc) is 3.06.